The van der Waals surface area contributed by atoms with Crippen molar-refractivity contribution in [3.05, 3.63) is 47.5 Å². The number of aliphatic hydroxyl groups is 6. The fraction of sp³-hybridized carbons (Fsp3) is 0.818. The van der Waals surface area contributed by atoms with Crippen molar-refractivity contribution in [1.29, 1.82) is 0 Å². The molecule has 4 aliphatic carbocycles. The van der Waals surface area contributed by atoms with E-state index >= 15 is 0 Å². The molecule has 4 aliphatic heterocycles. The average Bonchev–Trinajstić information content (AvgIpc) is 3.79. The monoisotopic (exact) mass is 1060 g/mol. The van der Waals surface area contributed by atoms with E-state index in [0.29, 0.717) is 44.1 Å². The number of rotatable bonds is 15. The molecule has 0 aromatic heterocycles. The van der Waals surface area contributed by atoms with Crippen LogP contribution in [0.25, 0.3) is 0 Å². The van der Waals surface area contributed by atoms with E-state index in [0.717, 1.165) is 5.57 Å². The Hall–Kier alpha value is -2.58. The molecular weight excluding hydrogens is 981 g/mol. The van der Waals surface area contributed by atoms with E-state index in [-0.39, 0.29) is 37.6 Å². The fourth-order valence-electron chi connectivity index (χ4n) is 14.7. The molecule has 20 heteroatoms. The lowest BCUT2D eigenvalue weighted by Crippen LogP contribution is -2.75. The van der Waals surface area contributed by atoms with E-state index in [4.69, 9.17) is 56.8 Å². The summed E-state index contributed by atoms with van der Waals surface area (Å²) in [5.74, 6) is -1.68. The van der Waals surface area contributed by atoms with Crippen LogP contribution in [0.15, 0.2) is 42.0 Å². The molecule has 9 rings (SSSR count). The summed E-state index contributed by atoms with van der Waals surface area (Å²) in [6.07, 6.45) is -9.29. The predicted octanol–water partition coefficient (Wildman–Crippen LogP) is 3.01. The van der Waals surface area contributed by atoms with Crippen LogP contribution in [0.5, 0.6) is 0 Å². The summed E-state index contributed by atoms with van der Waals surface area (Å²) < 4.78 is 75.0. The van der Waals surface area contributed by atoms with Crippen LogP contribution in [0.3, 0.4) is 0 Å². The van der Waals surface area contributed by atoms with Gasteiger partial charge in [-0.25, -0.2) is 4.79 Å². The number of benzene rings is 1. The summed E-state index contributed by atoms with van der Waals surface area (Å²) in [6.45, 7) is 10.5. The summed E-state index contributed by atoms with van der Waals surface area (Å²) in [4.78, 5) is 27.0. The highest BCUT2D eigenvalue weighted by molar-refractivity contribution is 5.89. The largest absolute Gasteiger partial charge is 0.458 e. The van der Waals surface area contributed by atoms with Gasteiger partial charge in [-0.2, -0.15) is 0 Å². The van der Waals surface area contributed by atoms with Crippen LogP contribution in [0.2, 0.25) is 0 Å². The van der Waals surface area contributed by atoms with Crippen LogP contribution < -0.4 is 0 Å². The second kappa shape index (κ2) is 22.5. The van der Waals surface area contributed by atoms with Crippen molar-refractivity contribution in [3.63, 3.8) is 0 Å². The summed E-state index contributed by atoms with van der Waals surface area (Å²) >= 11 is 0. The van der Waals surface area contributed by atoms with Crippen molar-refractivity contribution in [3.8, 4) is 0 Å². The molecule has 4 heterocycles. The molecule has 1 aromatic rings. The van der Waals surface area contributed by atoms with Gasteiger partial charge in [0.2, 0.25) is 0 Å². The van der Waals surface area contributed by atoms with Gasteiger partial charge in [-0.15, -0.1) is 0 Å². The number of ether oxygens (including phenoxy) is 12. The second-order valence-corrected chi connectivity index (χ2v) is 23.0. The van der Waals surface area contributed by atoms with Crippen molar-refractivity contribution in [2.24, 2.45) is 22.7 Å². The van der Waals surface area contributed by atoms with Gasteiger partial charge in [0.1, 0.15) is 65.8 Å². The third-order valence-corrected chi connectivity index (χ3v) is 19.0. The minimum atomic E-state index is -1.69. The zero-order valence-electron chi connectivity index (χ0n) is 44.8. The summed E-state index contributed by atoms with van der Waals surface area (Å²) in [7, 11) is 4.75. The molecule has 0 radical (unpaired) electrons. The second-order valence-electron chi connectivity index (χ2n) is 23.0. The van der Waals surface area contributed by atoms with E-state index in [2.05, 4.69) is 13.0 Å². The maximum absolute atomic E-state index is 13.7. The Bertz CT molecular complexity index is 2170. The molecule has 0 bridgehead atoms. The van der Waals surface area contributed by atoms with Crippen LogP contribution in [-0.4, -0.2) is 198 Å². The number of fused-ring (bicyclic) bond motifs is 5. The topological polar surface area (TPSA) is 266 Å². The first-order valence-electron chi connectivity index (χ1n) is 27.0. The lowest BCUT2D eigenvalue weighted by Gasteiger charge is -2.66. The van der Waals surface area contributed by atoms with Crippen LogP contribution in [0, 0.1) is 22.7 Å². The molecule has 8 aliphatic rings. The maximum atomic E-state index is 13.7. The van der Waals surface area contributed by atoms with Gasteiger partial charge in [0.05, 0.1) is 54.9 Å². The minimum absolute atomic E-state index is 0.0936. The molecule has 4 saturated heterocycles. The Morgan fingerprint density at radius 3 is 1.77 bits per heavy atom. The highest BCUT2D eigenvalue weighted by atomic mass is 16.8. The van der Waals surface area contributed by atoms with Gasteiger partial charge in [0.25, 0.3) is 0 Å². The number of aliphatic hydroxyl groups excluding tert-OH is 4. The van der Waals surface area contributed by atoms with Crippen molar-refractivity contribution < 1.29 is 97.1 Å². The lowest BCUT2D eigenvalue weighted by molar-refractivity contribution is -0.357. The zero-order valence-corrected chi connectivity index (χ0v) is 44.8. The normalized spacial score (nSPS) is 48.9. The van der Waals surface area contributed by atoms with Crippen LogP contribution in [0.1, 0.15) is 116 Å². The molecule has 422 valence electrons. The number of methoxy groups -OCH3 is 3. The zero-order chi connectivity index (χ0) is 53.9. The fourth-order valence-corrected chi connectivity index (χ4v) is 14.7. The average molecular weight is 1060 g/mol. The Kier molecular flexibility index (Phi) is 17.1. The quantitative estimate of drug-likeness (QED) is 0.109. The van der Waals surface area contributed by atoms with Gasteiger partial charge in [0, 0.05) is 57.8 Å². The molecule has 25 unspecified atom stereocenters. The Morgan fingerprint density at radius 2 is 1.24 bits per heavy atom. The molecule has 0 spiro atoms. The van der Waals surface area contributed by atoms with Crippen LogP contribution in [-0.2, 0) is 61.6 Å². The number of hydrogen-bond donors (Lipinski definition) is 6. The highest BCUT2D eigenvalue weighted by Gasteiger charge is 2.77. The highest BCUT2D eigenvalue weighted by Crippen LogP contribution is 2.70. The van der Waals surface area contributed by atoms with Crippen molar-refractivity contribution in [2.45, 2.75) is 234 Å². The first-order valence-corrected chi connectivity index (χ1v) is 27.0. The Balaban J connectivity index is 0.804. The van der Waals surface area contributed by atoms with Gasteiger partial charge in [-0.1, -0.05) is 43.7 Å². The summed E-state index contributed by atoms with van der Waals surface area (Å²) in [6, 6.07) is 8.73. The van der Waals surface area contributed by atoms with Crippen molar-refractivity contribution >= 4 is 11.8 Å². The third kappa shape index (κ3) is 10.2. The number of esters is 1. The molecule has 3 saturated carbocycles. The number of carbonyl (C=O) groups excluding carboxylic acids is 2. The molecule has 0 amide bonds. The molecule has 25 atom stereocenters. The number of ketones is 1. The van der Waals surface area contributed by atoms with Gasteiger partial charge in [0.15, 0.2) is 25.2 Å². The SMILES string of the molecule is COC1CC(OC2CCC3(C)C(=CCC4(O)C3CC(OC(=O)c3ccccc3)C3(C)C(C(C)=O)CCC43O)C2)OC(C)C1OC1CC(OC)C(OC2CC(OC)C(OC3OC(CO)C(O)C(O)C3O)C(C)O2)C(C)O1. The standard InChI is InChI=1S/C55H82O20/c1-27(57)34-17-20-55(63)53(34,6)40(72-50(61)31-13-11-10-12-14-31)25-39-52(5)18-16-33(21-32(52)15-19-54(39,55)62)70-41-22-35(64-7)47(28(2)67-41)73-42-23-36(65-8)48(29(3)68-42)74-43-24-37(66-9)49(30(4)69-43)75-51-46(60)45(59)44(58)38(26-56)71-51/h10-15,28-30,33-49,51,56,58-60,62-63H,16-26H2,1-9H3. The predicted molar refractivity (Wildman–Crippen MR) is 262 cm³/mol. The summed E-state index contributed by atoms with van der Waals surface area (Å²) in [5, 5.41) is 66.7. The smallest absolute Gasteiger partial charge is 0.338 e. The molecule has 7 fully saturated rings. The minimum Gasteiger partial charge on any atom is -0.458 e. The van der Waals surface area contributed by atoms with Crippen LogP contribution >= 0.6 is 0 Å². The maximum Gasteiger partial charge on any atom is 0.338 e. The lowest BCUT2D eigenvalue weighted by atomic mass is 9.43. The van der Waals surface area contributed by atoms with E-state index < -0.39 is 157 Å². The van der Waals surface area contributed by atoms with E-state index in [1.807, 2.05) is 26.8 Å². The first-order chi connectivity index (χ1) is 35.6. The van der Waals surface area contributed by atoms with E-state index in [9.17, 15) is 40.2 Å². The molecular formula is C55H82O20. The van der Waals surface area contributed by atoms with Gasteiger partial charge in [-0.3, -0.25) is 4.79 Å². The summed E-state index contributed by atoms with van der Waals surface area (Å²) in [5.41, 5.74) is -3.51. The van der Waals surface area contributed by atoms with Crippen molar-refractivity contribution in [2.75, 3.05) is 27.9 Å². The van der Waals surface area contributed by atoms with E-state index in [1.165, 1.54) is 14.0 Å². The third-order valence-electron chi connectivity index (χ3n) is 19.0. The molecule has 75 heavy (non-hydrogen) atoms. The van der Waals surface area contributed by atoms with Gasteiger partial charge < -0.3 is 87.5 Å². The van der Waals surface area contributed by atoms with Gasteiger partial charge >= 0.3 is 5.97 Å². The molecule has 1 aromatic carbocycles. The number of Topliss-reactive ketones (excluding diaryl/α,β-unsaturated/α-hetero) is 1. The Morgan fingerprint density at radius 1 is 0.693 bits per heavy atom. The van der Waals surface area contributed by atoms with E-state index in [1.54, 1.807) is 45.4 Å². The first kappa shape index (κ1) is 57.1. The number of carbonyl (C=O) groups is 2. The van der Waals surface area contributed by atoms with Gasteiger partial charge in [-0.05, 0) is 90.2 Å². The van der Waals surface area contributed by atoms with Crippen LogP contribution in [0.4, 0.5) is 0 Å². The molecule has 20 nitrogen and oxygen atoms in total. The molecule has 6 N–H and O–H groups in total. The van der Waals surface area contributed by atoms with Crippen molar-refractivity contribution in [1.82, 2.24) is 0 Å². The Labute approximate surface area is 439 Å². The number of hydrogen-bond acceptors (Lipinski definition) is 20.